The van der Waals surface area contributed by atoms with E-state index in [1.165, 1.54) is 18.2 Å². The van der Waals surface area contributed by atoms with Gasteiger partial charge in [0.2, 0.25) is 5.91 Å². The molecule has 0 bridgehead atoms. The van der Waals surface area contributed by atoms with Crippen LogP contribution in [0.25, 0.3) is 5.78 Å². The van der Waals surface area contributed by atoms with Crippen LogP contribution < -0.4 is 0 Å². The molecule has 0 aromatic carbocycles. The molecular weight excluding hydrogens is 274 g/mol. The summed E-state index contributed by atoms with van der Waals surface area (Å²) in [5.74, 6) is 1.15. The van der Waals surface area contributed by atoms with E-state index >= 15 is 0 Å². The molecule has 1 fully saturated rings. The van der Waals surface area contributed by atoms with E-state index < -0.39 is 0 Å². The highest BCUT2D eigenvalue weighted by Crippen LogP contribution is 2.20. The lowest BCUT2D eigenvalue weighted by atomic mass is 10.0. The summed E-state index contributed by atoms with van der Waals surface area (Å²) < 4.78 is 1.80. The Kier molecular flexibility index (Phi) is 3.86. The van der Waals surface area contributed by atoms with Crippen molar-refractivity contribution < 1.29 is 4.79 Å². The Morgan fingerprint density at radius 3 is 3.20 bits per heavy atom. The summed E-state index contributed by atoms with van der Waals surface area (Å²) in [7, 11) is 0. The van der Waals surface area contributed by atoms with E-state index in [2.05, 4.69) is 22.1 Å². The van der Waals surface area contributed by atoms with Crippen LogP contribution in [0.4, 0.5) is 0 Å². The van der Waals surface area contributed by atoms with E-state index in [-0.39, 0.29) is 5.91 Å². The van der Waals surface area contributed by atoms with Crippen LogP contribution in [0.5, 0.6) is 0 Å². The molecule has 1 amide bonds. The third kappa shape index (κ3) is 2.63. The maximum absolute atomic E-state index is 12.3. The van der Waals surface area contributed by atoms with E-state index in [0.717, 1.165) is 19.4 Å². The van der Waals surface area contributed by atoms with E-state index in [0.29, 0.717) is 22.7 Å². The Balaban J connectivity index is 1.65. The fraction of sp³-hybridized carbons (Fsp3) is 0.538. The van der Waals surface area contributed by atoms with Crippen molar-refractivity contribution in [1.29, 1.82) is 0 Å². The molecule has 1 aliphatic heterocycles. The average Bonchev–Trinajstić information content (AvgIpc) is 2.88. The van der Waals surface area contributed by atoms with Gasteiger partial charge in [0.05, 0.1) is 5.75 Å². The van der Waals surface area contributed by atoms with Gasteiger partial charge in [-0.05, 0) is 32.3 Å². The Morgan fingerprint density at radius 1 is 1.45 bits per heavy atom. The van der Waals surface area contributed by atoms with Gasteiger partial charge < -0.3 is 4.90 Å². The molecule has 1 aliphatic rings. The van der Waals surface area contributed by atoms with Crippen LogP contribution in [0, 0.1) is 0 Å². The first-order chi connectivity index (χ1) is 9.75. The third-order valence-electron chi connectivity index (χ3n) is 3.61. The van der Waals surface area contributed by atoms with E-state index in [1.54, 1.807) is 10.6 Å². The van der Waals surface area contributed by atoms with Crippen LogP contribution >= 0.6 is 11.8 Å². The second-order valence-corrected chi connectivity index (χ2v) is 5.94. The smallest absolute Gasteiger partial charge is 0.255 e. The van der Waals surface area contributed by atoms with Gasteiger partial charge >= 0.3 is 0 Å². The third-order valence-corrected chi connectivity index (χ3v) is 4.53. The molecule has 2 aromatic heterocycles. The second-order valence-electron chi connectivity index (χ2n) is 4.99. The molecule has 1 atom stereocenters. The lowest BCUT2D eigenvalue weighted by Crippen LogP contribution is -2.42. The van der Waals surface area contributed by atoms with Crippen LogP contribution in [0.2, 0.25) is 0 Å². The maximum Gasteiger partial charge on any atom is 0.255 e. The zero-order valence-electron chi connectivity index (χ0n) is 11.4. The number of nitrogens with zero attached hydrogens (tertiary/aromatic N) is 5. The topological polar surface area (TPSA) is 63.4 Å². The maximum atomic E-state index is 12.3. The molecule has 2 aromatic rings. The summed E-state index contributed by atoms with van der Waals surface area (Å²) in [5, 5.41) is 8.77. The summed E-state index contributed by atoms with van der Waals surface area (Å²) in [6.07, 6.45) is 6.98. The van der Waals surface area contributed by atoms with E-state index in [9.17, 15) is 4.79 Å². The van der Waals surface area contributed by atoms with Crippen molar-refractivity contribution in [1.82, 2.24) is 24.5 Å². The molecule has 106 valence electrons. The number of rotatable bonds is 3. The number of fused-ring (bicyclic) bond motifs is 1. The Morgan fingerprint density at radius 2 is 2.35 bits per heavy atom. The van der Waals surface area contributed by atoms with Crippen molar-refractivity contribution in [3.8, 4) is 0 Å². The first kappa shape index (κ1) is 13.4. The molecule has 0 N–H and O–H groups in total. The second kappa shape index (κ2) is 5.78. The van der Waals surface area contributed by atoms with Crippen molar-refractivity contribution in [3.63, 3.8) is 0 Å². The Labute approximate surface area is 121 Å². The van der Waals surface area contributed by atoms with Gasteiger partial charge in [-0.15, -0.1) is 10.2 Å². The monoisotopic (exact) mass is 291 g/mol. The van der Waals surface area contributed by atoms with Crippen molar-refractivity contribution in [3.05, 3.63) is 18.5 Å². The molecule has 7 heteroatoms. The highest BCUT2D eigenvalue weighted by molar-refractivity contribution is 7.99. The van der Waals surface area contributed by atoms with Gasteiger partial charge in [-0.25, -0.2) is 4.98 Å². The van der Waals surface area contributed by atoms with Gasteiger partial charge in [-0.2, -0.15) is 0 Å². The van der Waals surface area contributed by atoms with Gasteiger partial charge in [0.15, 0.2) is 5.16 Å². The number of aromatic nitrogens is 4. The zero-order valence-corrected chi connectivity index (χ0v) is 12.2. The SMILES string of the molecule is CC1CCCCN1C(=O)CSc1nnc2ncccn12. The summed E-state index contributed by atoms with van der Waals surface area (Å²) in [6.45, 7) is 3.00. The van der Waals surface area contributed by atoms with Crippen LogP contribution in [0.15, 0.2) is 23.6 Å². The normalized spacial score (nSPS) is 19.4. The van der Waals surface area contributed by atoms with Crippen LogP contribution in [-0.4, -0.2) is 48.7 Å². The van der Waals surface area contributed by atoms with Gasteiger partial charge in [0.1, 0.15) is 0 Å². The summed E-state index contributed by atoms with van der Waals surface area (Å²) in [4.78, 5) is 18.4. The first-order valence-corrected chi connectivity index (χ1v) is 7.82. The highest BCUT2D eigenvalue weighted by Gasteiger charge is 2.23. The molecule has 6 nitrogen and oxygen atoms in total. The predicted octanol–water partition coefficient (Wildman–Crippen LogP) is 1.62. The number of likely N-dealkylation sites (tertiary alicyclic amines) is 1. The van der Waals surface area contributed by atoms with Gasteiger partial charge in [0, 0.05) is 25.0 Å². The Hall–Kier alpha value is -1.63. The van der Waals surface area contributed by atoms with Crippen LogP contribution in [-0.2, 0) is 4.79 Å². The summed E-state index contributed by atoms with van der Waals surface area (Å²) in [6, 6.07) is 2.18. The number of piperidine rings is 1. The lowest BCUT2D eigenvalue weighted by molar-refractivity contribution is -0.131. The number of carbonyl (C=O) groups excluding carboxylic acids is 1. The minimum Gasteiger partial charge on any atom is -0.339 e. The molecule has 20 heavy (non-hydrogen) atoms. The molecule has 0 saturated carbocycles. The quantitative estimate of drug-likeness (QED) is 0.804. The number of carbonyl (C=O) groups is 1. The molecule has 0 aliphatic carbocycles. The molecule has 1 unspecified atom stereocenters. The predicted molar refractivity (Wildman–Crippen MR) is 76.5 cm³/mol. The van der Waals surface area contributed by atoms with E-state index in [1.807, 2.05) is 17.2 Å². The number of hydrogen-bond acceptors (Lipinski definition) is 5. The average molecular weight is 291 g/mol. The van der Waals surface area contributed by atoms with Crippen molar-refractivity contribution in [2.45, 2.75) is 37.4 Å². The van der Waals surface area contributed by atoms with Gasteiger partial charge in [0.25, 0.3) is 5.78 Å². The number of amides is 1. The highest BCUT2D eigenvalue weighted by atomic mass is 32.2. The minimum atomic E-state index is 0.183. The minimum absolute atomic E-state index is 0.183. The molecular formula is C13H17N5OS. The van der Waals surface area contributed by atoms with Crippen molar-refractivity contribution >= 4 is 23.4 Å². The molecule has 1 saturated heterocycles. The number of hydrogen-bond donors (Lipinski definition) is 0. The largest absolute Gasteiger partial charge is 0.339 e. The lowest BCUT2D eigenvalue weighted by Gasteiger charge is -2.33. The molecule has 0 spiro atoms. The summed E-state index contributed by atoms with van der Waals surface area (Å²) in [5.41, 5.74) is 0. The van der Waals surface area contributed by atoms with Crippen molar-refractivity contribution in [2.24, 2.45) is 0 Å². The van der Waals surface area contributed by atoms with Gasteiger partial charge in [-0.1, -0.05) is 11.8 Å². The standard InChI is InChI=1S/C13H17N5OS/c1-10-5-2-3-7-17(10)11(19)9-20-13-16-15-12-14-6-4-8-18(12)13/h4,6,8,10H,2-3,5,7,9H2,1H3. The van der Waals surface area contributed by atoms with Gasteiger partial charge in [-0.3, -0.25) is 9.20 Å². The fourth-order valence-electron chi connectivity index (χ4n) is 2.50. The molecule has 3 heterocycles. The number of thioether (sulfide) groups is 1. The fourth-order valence-corrected chi connectivity index (χ4v) is 3.30. The zero-order chi connectivity index (χ0) is 13.9. The van der Waals surface area contributed by atoms with Crippen LogP contribution in [0.3, 0.4) is 0 Å². The van der Waals surface area contributed by atoms with Crippen molar-refractivity contribution in [2.75, 3.05) is 12.3 Å². The van der Waals surface area contributed by atoms with Crippen LogP contribution in [0.1, 0.15) is 26.2 Å². The summed E-state index contributed by atoms with van der Waals surface area (Å²) >= 11 is 1.42. The first-order valence-electron chi connectivity index (χ1n) is 6.84. The molecule has 0 radical (unpaired) electrons. The Bertz CT molecular complexity index is 614. The molecule has 3 rings (SSSR count). The van der Waals surface area contributed by atoms with E-state index in [4.69, 9.17) is 0 Å².